The fourth-order valence-electron chi connectivity index (χ4n) is 2.45. The fraction of sp³-hybridized carbons (Fsp3) is 0.750. The molecule has 0 saturated carbocycles. The molecule has 1 aliphatic rings. The number of nitrogens with zero attached hydrogens (tertiary/aromatic N) is 2. The molecule has 0 amide bonds. The van der Waals surface area contributed by atoms with E-state index in [0.29, 0.717) is 32.6 Å². The molecule has 0 radical (unpaired) electrons. The van der Waals surface area contributed by atoms with Gasteiger partial charge in [0.25, 0.3) is 0 Å². The zero-order valence-electron chi connectivity index (χ0n) is 10.7. The van der Waals surface area contributed by atoms with Crippen LogP contribution in [0.5, 0.6) is 0 Å². The first kappa shape index (κ1) is 14.0. The molecule has 2 atom stereocenters. The summed E-state index contributed by atoms with van der Waals surface area (Å²) in [6.45, 7) is 3.76. The summed E-state index contributed by atoms with van der Waals surface area (Å²) in [4.78, 5) is 0. The van der Waals surface area contributed by atoms with Crippen molar-refractivity contribution in [2.45, 2.75) is 38.0 Å². The maximum absolute atomic E-state index is 10.9. The van der Waals surface area contributed by atoms with Crippen LogP contribution in [0.2, 0.25) is 0 Å². The van der Waals surface area contributed by atoms with Crippen molar-refractivity contribution in [3.05, 3.63) is 16.4 Å². The summed E-state index contributed by atoms with van der Waals surface area (Å²) in [5, 5.41) is 15.1. The Balaban J connectivity index is 2.27. The number of halogens is 1. The molecule has 6 heteroatoms. The van der Waals surface area contributed by atoms with Crippen LogP contribution in [0.1, 0.15) is 25.5 Å². The van der Waals surface area contributed by atoms with Crippen LogP contribution in [0.15, 0.2) is 10.7 Å². The number of ether oxygens (including phenoxy) is 2. The first-order valence-corrected chi connectivity index (χ1v) is 6.91. The maximum atomic E-state index is 10.9. The van der Waals surface area contributed by atoms with Gasteiger partial charge in [0.15, 0.2) is 0 Å². The minimum atomic E-state index is -0.874. The Kier molecular flexibility index (Phi) is 4.42. The maximum Gasteiger partial charge on any atom is 0.112 e. The molecule has 0 aliphatic carbocycles. The van der Waals surface area contributed by atoms with E-state index in [1.54, 1.807) is 13.3 Å². The average molecular weight is 319 g/mol. The van der Waals surface area contributed by atoms with Crippen molar-refractivity contribution in [1.82, 2.24) is 9.78 Å². The zero-order chi connectivity index (χ0) is 13.2. The lowest BCUT2D eigenvalue weighted by Gasteiger charge is -2.36. The predicted molar refractivity (Wildman–Crippen MR) is 70.3 cm³/mol. The van der Waals surface area contributed by atoms with Gasteiger partial charge in [-0.2, -0.15) is 5.10 Å². The van der Waals surface area contributed by atoms with Gasteiger partial charge in [0, 0.05) is 20.0 Å². The van der Waals surface area contributed by atoms with Gasteiger partial charge >= 0.3 is 0 Å². The third kappa shape index (κ3) is 2.77. The van der Waals surface area contributed by atoms with Gasteiger partial charge in [0.1, 0.15) is 5.60 Å². The number of aliphatic hydroxyl groups is 1. The molecule has 2 unspecified atom stereocenters. The normalized spacial score (nSPS) is 28.6. The Morgan fingerprint density at radius 1 is 1.72 bits per heavy atom. The van der Waals surface area contributed by atoms with E-state index in [1.165, 1.54) is 0 Å². The van der Waals surface area contributed by atoms with Crippen LogP contribution < -0.4 is 0 Å². The Morgan fingerprint density at radius 3 is 3.17 bits per heavy atom. The average Bonchev–Trinajstić information content (AvgIpc) is 2.68. The van der Waals surface area contributed by atoms with Crippen molar-refractivity contribution in [2.24, 2.45) is 0 Å². The molecule has 2 rings (SSSR count). The first-order chi connectivity index (χ1) is 8.57. The van der Waals surface area contributed by atoms with Crippen molar-refractivity contribution < 1.29 is 14.6 Å². The van der Waals surface area contributed by atoms with E-state index in [4.69, 9.17) is 9.47 Å². The molecule has 1 saturated heterocycles. The molecule has 1 fully saturated rings. The van der Waals surface area contributed by atoms with Crippen LogP contribution in [-0.4, -0.2) is 41.3 Å². The molecular formula is C12H19BrN2O3. The van der Waals surface area contributed by atoms with Crippen molar-refractivity contribution in [3.8, 4) is 0 Å². The minimum absolute atomic E-state index is 0.0569. The molecule has 0 bridgehead atoms. The van der Waals surface area contributed by atoms with E-state index in [0.717, 1.165) is 10.2 Å². The van der Waals surface area contributed by atoms with Crippen LogP contribution >= 0.6 is 15.9 Å². The van der Waals surface area contributed by atoms with Gasteiger partial charge in [-0.05, 0) is 22.9 Å². The van der Waals surface area contributed by atoms with Crippen LogP contribution in [-0.2, 0) is 21.6 Å². The quantitative estimate of drug-likeness (QED) is 0.917. The van der Waals surface area contributed by atoms with Crippen molar-refractivity contribution >= 4 is 15.9 Å². The van der Waals surface area contributed by atoms with Crippen molar-refractivity contribution in [3.63, 3.8) is 0 Å². The monoisotopic (exact) mass is 318 g/mol. The molecule has 5 nitrogen and oxygen atoms in total. The summed E-state index contributed by atoms with van der Waals surface area (Å²) in [6, 6.07) is 0. The number of rotatable bonds is 4. The number of methoxy groups -OCH3 is 1. The van der Waals surface area contributed by atoms with E-state index in [9.17, 15) is 5.11 Å². The van der Waals surface area contributed by atoms with Crippen LogP contribution in [0.25, 0.3) is 0 Å². The first-order valence-electron chi connectivity index (χ1n) is 6.11. The summed E-state index contributed by atoms with van der Waals surface area (Å²) < 4.78 is 13.2. The molecule has 18 heavy (non-hydrogen) atoms. The number of aromatic nitrogens is 2. The Hall–Kier alpha value is -0.430. The van der Waals surface area contributed by atoms with E-state index in [1.807, 2.05) is 11.6 Å². The molecule has 1 aliphatic heterocycles. The van der Waals surface area contributed by atoms with Gasteiger partial charge in [-0.15, -0.1) is 0 Å². The number of hydrogen-bond acceptors (Lipinski definition) is 4. The van der Waals surface area contributed by atoms with Crippen LogP contribution in [0.4, 0.5) is 0 Å². The number of hydrogen-bond donors (Lipinski definition) is 1. The molecule has 1 aromatic heterocycles. The third-order valence-corrected chi connectivity index (χ3v) is 3.87. The molecule has 1 N–H and O–H groups in total. The lowest BCUT2D eigenvalue weighted by Crippen LogP contribution is -2.39. The molecule has 102 valence electrons. The SMILES string of the molecule is COCCn1ncc(Br)c1C1(O)CCOC(C)C1. The van der Waals surface area contributed by atoms with Gasteiger partial charge in [-0.1, -0.05) is 0 Å². The summed E-state index contributed by atoms with van der Waals surface area (Å²) in [6.07, 6.45) is 2.96. The Labute approximate surface area is 115 Å². The van der Waals surface area contributed by atoms with Crippen molar-refractivity contribution in [1.29, 1.82) is 0 Å². The smallest absolute Gasteiger partial charge is 0.112 e. The van der Waals surface area contributed by atoms with Gasteiger partial charge in [-0.3, -0.25) is 4.68 Å². The highest BCUT2D eigenvalue weighted by Crippen LogP contribution is 2.38. The van der Waals surface area contributed by atoms with Crippen LogP contribution in [0, 0.1) is 0 Å². The highest BCUT2D eigenvalue weighted by molar-refractivity contribution is 9.10. The summed E-state index contributed by atoms with van der Waals surface area (Å²) in [5.74, 6) is 0. The lowest BCUT2D eigenvalue weighted by atomic mass is 9.87. The van der Waals surface area contributed by atoms with Crippen molar-refractivity contribution in [2.75, 3.05) is 20.3 Å². The molecular weight excluding hydrogens is 300 g/mol. The standard InChI is InChI=1S/C12H19BrN2O3/c1-9-7-12(16,3-5-18-9)11-10(13)8-14-15(11)4-6-17-2/h8-9,16H,3-7H2,1-2H3. The van der Waals surface area contributed by atoms with E-state index >= 15 is 0 Å². The topological polar surface area (TPSA) is 56.5 Å². The molecule has 2 heterocycles. The lowest BCUT2D eigenvalue weighted by molar-refractivity contribution is -0.106. The zero-order valence-corrected chi connectivity index (χ0v) is 12.3. The Bertz CT molecular complexity index is 410. The largest absolute Gasteiger partial charge is 0.383 e. The fourth-order valence-corrected chi connectivity index (χ4v) is 3.12. The summed E-state index contributed by atoms with van der Waals surface area (Å²) in [5.41, 5.74) is -0.0458. The van der Waals surface area contributed by atoms with Gasteiger partial charge in [-0.25, -0.2) is 0 Å². The minimum Gasteiger partial charge on any atom is -0.383 e. The highest BCUT2D eigenvalue weighted by Gasteiger charge is 2.39. The molecule has 1 aromatic rings. The second-order valence-corrected chi connectivity index (χ2v) is 5.58. The van der Waals surface area contributed by atoms with Crippen LogP contribution in [0.3, 0.4) is 0 Å². The third-order valence-electron chi connectivity index (χ3n) is 3.29. The second-order valence-electron chi connectivity index (χ2n) is 4.72. The molecule has 0 aromatic carbocycles. The molecule has 0 spiro atoms. The second kappa shape index (κ2) is 5.69. The van der Waals surface area contributed by atoms with E-state index in [2.05, 4.69) is 21.0 Å². The van der Waals surface area contributed by atoms with Gasteiger partial charge in [0.2, 0.25) is 0 Å². The summed E-state index contributed by atoms with van der Waals surface area (Å²) >= 11 is 3.47. The van der Waals surface area contributed by atoms with Gasteiger partial charge in [0.05, 0.1) is 42.2 Å². The van der Waals surface area contributed by atoms with Gasteiger partial charge < -0.3 is 14.6 Å². The Morgan fingerprint density at radius 2 is 2.50 bits per heavy atom. The van der Waals surface area contributed by atoms with E-state index < -0.39 is 5.60 Å². The van der Waals surface area contributed by atoms with E-state index in [-0.39, 0.29) is 6.10 Å². The highest BCUT2D eigenvalue weighted by atomic mass is 79.9. The predicted octanol–water partition coefficient (Wildman–Crippen LogP) is 1.68. The summed E-state index contributed by atoms with van der Waals surface area (Å²) in [7, 11) is 1.66.